The van der Waals surface area contributed by atoms with E-state index in [-0.39, 0.29) is 17.3 Å². The van der Waals surface area contributed by atoms with Gasteiger partial charge in [0.2, 0.25) is 5.91 Å². The van der Waals surface area contributed by atoms with Crippen molar-refractivity contribution in [1.29, 1.82) is 0 Å². The maximum absolute atomic E-state index is 13.1. The zero-order valence-corrected chi connectivity index (χ0v) is 17.9. The number of benzene rings is 2. The van der Waals surface area contributed by atoms with Crippen LogP contribution < -0.4 is 26.2 Å². The molecule has 0 heterocycles. The molecule has 1 amide bonds. The molecular formula is C19H18F4N4O3S2. The first kappa shape index (κ1) is 25.2. The summed E-state index contributed by atoms with van der Waals surface area (Å²) in [6, 6.07) is 10.4. The van der Waals surface area contributed by atoms with Crippen molar-refractivity contribution in [3.63, 3.8) is 0 Å². The molecule has 4 N–H and O–H groups in total. The second kappa shape index (κ2) is 11.5. The molecule has 0 bridgehead atoms. The van der Waals surface area contributed by atoms with Crippen molar-refractivity contribution in [2.75, 3.05) is 10.6 Å². The Labute approximate surface area is 191 Å². The van der Waals surface area contributed by atoms with Crippen molar-refractivity contribution in [1.82, 2.24) is 10.9 Å². The molecule has 13 heteroatoms. The number of halogens is 4. The number of thiocarbonyl (C=S) groups is 1. The molecule has 0 fully saturated rings. The second-order valence-electron chi connectivity index (χ2n) is 6.29. The number of thiol groups is 1. The molecule has 172 valence electrons. The summed E-state index contributed by atoms with van der Waals surface area (Å²) < 4.78 is 53.4. The van der Waals surface area contributed by atoms with Crippen LogP contribution >= 0.6 is 24.8 Å². The number of amides is 1. The van der Waals surface area contributed by atoms with E-state index in [1.165, 1.54) is 30.3 Å². The van der Waals surface area contributed by atoms with E-state index >= 15 is 0 Å². The first-order valence-electron chi connectivity index (χ1n) is 8.94. The molecule has 2 aromatic carbocycles. The Morgan fingerprint density at radius 2 is 1.75 bits per heavy atom. The van der Waals surface area contributed by atoms with Gasteiger partial charge < -0.3 is 15.4 Å². The van der Waals surface area contributed by atoms with Gasteiger partial charge in [0, 0.05) is 17.8 Å². The highest BCUT2D eigenvalue weighted by Crippen LogP contribution is 2.24. The molecule has 0 radical (unpaired) electrons. The van der Waals surface area contributed by atoms with Gasteiger partial charge >= 0.3 is 6.36 Å². The average molecular weight is 491 g/mol. The zero-order valence-electron chi connectivity index (χ0n) is 16.2. The number of carbonyl (C=O) groups is 2. The molecule has 0 aromatic heterocycles. The van der Waals surface area contributed by atoms with E-state index in [4.69, 9.17) is 12.2 Å². The summed E-state index contributed by atoms with van der Waals surface area (Å²) in [7, 11) is 0. The topological polar surface area (TPSA) is 91.5 Å². The summed E-state index contributed by atoms with van der Waals surface area (Å²) in [5.41, 5.74) is 5.41. The molecule has 1 unspecified atom stereocenters. The molecule has 0 aliphatic carbocycles. The Morgan fingerprint density at radius 1 is 1.06 bits per heavy atom. The van der Waals surface area contributed by atoms with Crippen molar-refractivity contribution in [2.45, 2.75) is 24.6 Å². The van der Waals surface area contributed by atoms with Gasteiger partial charge in [0.25, 0.3) is 0 Å². The molecule has 2 aromatic rings. The van der Waals surface area contributed by atoms with E-state index in [0.717, 1.165) is 12.1 Å². The number of Topliss-reactive ketones (excluding diaryl/α,β-unsaturated/α-hetero) is 1. The van der Waals surface area contributed by atoms with Crippen LogP contribution in [0, 0.1) is 5.82 Å². The Balaban J connectivity index is 1.70. The fraction of sp³-hybridized carbons (Fsp3) is 0.211. The van der Waals surface area contributed by atoms with E-state index in [9.17, 15) is 27.2 Å². The molecule has 1 atom stereocenters. The molecule has 0 saturated carbocycles. The number of alkyl halides is 3. The fourth-order valence-electron chi connectivity index (χ4n) is 2.36. The highest BCUT2D eigenvalue weighted by Gasteiger charge is 2.31. The van der Waals surface area contributed by atoms with Crippen LogP contribution in [0.3, 0.4) is 0 Å². The lowest BCUT2D eigenvalue weighted by atomic mass is 10.2. The number of hydrogen-bond acceptors (Lipinski definition) is 6. The number of anilines is 2. The standard InChI is InChI=1S/C19H18F4N4O3S2/c20-11-2-1-3-13(8-11)25-18(32)27-26-16(29)9-14(28)10-17(31)24-12-4-6-15(7-5-12)30-19(21,22)23/h1-8,17,24,31H,9-10H2,(H,26,29)(H2,25,27,32). The van der Waals surface area contributed by atoms with Crippen LogP contribution in [0.2, 0.25) is 0 Å². The number of nitrogens with one attached hydrogen (secondary N) is 4. The zero-order chi connectivity index (χ0) is 23.7. The van der Waals surface area contributed by atoms with Crippen LogP contribution in [0.1, 0.15) is 12.8 Å². The molecule has 0 aliphatic rings. The molecule has 2 rings (SSSR count). The van der Waals surface area contributed by atoms with Crippen LogP contribution in [0.5, 0.6) is 5.75 Å². The summed E-state index contributed by atoms with van der Waals surface area (Å²) in [5, 5.41) is 4.77. The summed E-state index contributed by atoms with van der Waals surface area (Å²) in [5.74, 6) is -1.96. The molecular weight excluding hydrogens is 472 g/mol. The number of carbonyl (C=O) groups excluding carboxylic acids is 2. The van der Waals surface area contributed by atoms with Gasteiger partial charge in [0.05, 0.1) is 11.8 Å². The van der Waals surface area contributed by atoms with Crippen LogP contribution in [0.4, 0.5) is 28.9 Å². The van der Waals surface area contributed by atoms with E-state index in [1.54, 1.807) is 6.07 Å². The summed E-state index contributed by atoms with van der Waals surface area (Å²) in [6.45, 7) is 0. The van der Waals surface area contributed by atoms with Gasteiger partial charge in [0.1, 0.15) is 17.3 Å². The van der Waals surface area contributed by atoms with Gasteiger partial charge in [-0.05, 0) is 54.7 Å². The lowest BCUT2D eigenvalue weighted by Gasteiger charge is -2.15. The second-order valence-corrected chi connectivity index (χ2v) is 7.32. The highest BCUT2D eigenvalue weighted by molar-refractivity contribution is 7.81. The highest BCUT2D eigenvalue weighted by atomic mass is 32.1. The Hall–Kier alpha value is -3.06. The van der Waals surface area contributed by atoms with Gasteiger partial charge in [-0.1, -0.05) is 6.07 Å². The quantitative estimate of drug-likeness (QED) is 0.0962. The number of hydrogen-bond donors (Lipinski definition) is 5. The van der Waals surface area contributed by atoms with E-state index in [1.807, 2.05) is 0 Å². The lowest BCUT2D eigenvalue weighted by Crippen LogP contribution is -2.44. The van der Waals surface area contributed by atoms with Gasteiger partial charge in [-0.25, -0.2) is 4.39 Å². The third-order valence-corrected chi connectivity index (χ3v) is 4.11. The Morgan fingerprint density at radius 3 is 2.38 bits per heavy atom. The van der Waals surface area contributed by atoms with Crippen LogP contribution in [0.25, 0.3) is 0 Å². The first-order valence-corrected chi connectivity index (χ1v) is 9.86. The maximum atomic E-state index is 13.1. The van der Waals surface area contributed by atoms with Crippen LogP contribution in [-0.2, 0) is 9.59 Å². The van der Waals surface area contributed by atoms with E-state index in [0.29, 0.717) is 11.4 Å². The Kier molecular flexibility index (Phi) is 9.08. The minimum atomic E-state index is -4.79. The molecule has 0 saturated heterocycles. The predicted molar refractivity (Wildman–Crippen MR) is 118 cm³/mol. The largest absolute Gasteiger partial charge is 0.573 e. The molecule has 32 heavy (non-hydrogen) atoms. The van der Waals surface area contributed by atoms with Gasteiger partial charge in [-0.2, -0.15) is 12.6 Å². The van der Waals surface area contributed by atoms with E-state index in [2.05, 4.69) is 38.9 Å². The SMILES string of the molecule is O=C(CC(=O)NNC(=S)Nc1cccc(F)c1)CC(S)Nc1ccc(OC(F)(F)F)cc1. The van der Waals surface area contributed by atoms with Crippen molar-refractivity contribution in [3.8, 4) is 5.75 Å². The third-order valence-electron chi connectivity index (χ3n) is 3.60. The molecule has 7 nitrogen and oxygen atoms in total. The lowest BCUT2D eigenvalue weighted by molar-refractivity contribution is -0.274. The number of hydrazine groups is 1. The third kappa shape index (κ3) is 9.83. The smallest absolute Gasteiger partial charge is 0.406 e. The van der Waals surface area contributed by atoms with Crippen molar-refractivity contribution >= 4 is 53.0 Å². The molecule has 0 aliphatic heterocycles. The fourth-order valence-corrected chi connectivity index (χ4v) is 2.88. The van der Waals surface area contributed by atoms with Crippen LogP contribution in [-0.4, -0.2) is 28.5 Å². The monoisotopic (exact) mass is 490 g/mol. The van der Waals surface area contributed by atoms with Gasteiger partial charge in [0.15, 0.2) is 5.11 Å². The summed E-state index contributed by atoms with van der Waals surface area (Å²) in [4.78, 5) is 23.9. The minimum Gasteiger partial charge on any atom is -0.406 e. The Bertz CT molecular complexity index is 958. The van der Waals surface area contributed by atoms with Crippen molar-refractivity contribution < 1.29 is 31.9 Å². The number of ether oxygens (including phenoxy) is 1. The number of rotatable bonds is 8. The van der Waals surface area contributed by atoms with Crippen molar-refractivity contribution in [3.05, 3.63) is 54.3 Å². The molecule has 0 spiro atoms. The number of ketones is 1. The average Bonchev–Trinajstić information content (AvgIpc) is 2.66. The van der Waals surface area contributed by atoms with Crippen molar-refractivity contribution in [2.24, 2.45) is 0 Å². The van der Waals surface area contributed by atoms with Gasteiger partial charge in [-0.15, -0.1) is 13.2 Å². The van der Waals surface area contributed by atoms with Crippen LogP contribution in [0.15, 0.2) is 48.5 Å². The minimum absolute atomic E-state index is 0.0110. The summed E-state index contributed by atoms with van der Waals surface area (Å²) >= 11 is 9.15. The van der Waals surface area contributed by atoms with Gasteiger partial charge in [-0.3, -0.25) is 20.4 Å². The summed E-state index contributed by atoms with van der Waals surface area (Å²) in [6.07, 6.45) is -5.39. The maximum Gasteiger partial charge on any atom is 0.573 e. The normalized spacial score (nSPS) is 11.8. The predicted octanol–water partition coefficient (Wildman–Crippen LogP) is 3.76. The van der Waals surface area contributed by atoms with E-state index < -0.39 is 35.7 Å². The first-order chi connectivity index (χ1) is 15.0.